The summed E-state index contributed by atoms with van der Waals surface area (Å²) in [6.45, 7) is 6.97. The van der Waals surface area contributed by atoms with Crippen LogP contribution in [-0.2, 0) is 4.74 Å². The first-order valence-electron chi connectivity index (χ1n) is 5.70. The predicted molar refractivity (Wildman–Crippen MR) is 67.7 cm³/mol. The molecule has 17 heavy (non-hydrogen) atoms. The average Bonchev–Trinajstić information content (AvgIpc) is 2.25. The van der Waals surface area contributed by atoms with Crippen molar-refractivity contribution in [3.05, 3.63) is 29.3 Å². The lowest BCUT2D eigenvalue weighted by molar-refractivity contribution is 0.0697. The van der Waals surface area contributed by atoms with Gasteiger partial charge in [0, 0.05) is 12.2 Å². The van der Waals surface area contributed by atoms with E-state index in [-0.39, 0.29) is 6.10 Å². The molecule has 0 heterocycles. The Bertz CT molecular complexity index is 388. The average molecular weight is 237 g/mol. The van der Waals surface area contributed by atoms with Crippen molar-refractivity contribution < 1.29 is 14.6 Å². The van der Waals surface area contributed by atoms with E-state index in [2.05, 4.69) is 5.32 Å². The molecule has 0 saturated heterocycles. The van der Waals surface area contributed by atoms with Crippen LogP contribution in [0.5, 0.6) is 0 Å². The first kappa shape index (κ1) is 13.5. The lowest BCUT2D eigenvalue weighted by Crippen LogP contribution is -2.15. The third-order valence-corrected chi connectivity index (χ3v) is 2.27. The van der Waals surface area contributed by atoms with E-state index >= 15 is 0 Å². The van der Waals surface area contributed by atoms with Crippen LogP contribution in [0.1, 0.15) is 29.8 Å². The highest BCUT2D eigenvalue weighted by Crippen LogP contribution is 2.17. The molecule has 0 aliphatic heterocycles. The number of nitrogens with one attached hydrogen (secondary N) is 1. The van der Waals surface area contributed by atoms with Crippen LogP contribution in [0.3, 0.4) is 0 Å². The number of ether oxygens (including phenoxy) is 1. The van der Waals surface area contributed by atoms with E-state index in [0.29, 0.717) is 24.4 Å². The Kier molecular flexibility index (Phi) is 4.97. The maximum absolute atomic E-state index is 11.0. The van der Waals surface area contributed by atoms with E-state index < -0.39 is 5.97 Å². The molecule has 1 rings (SSSR count). The van der Waals surface area contributed by atoms with Gasteiger partial charge in [0.1, 0.15) is 0 Å². The number of carboxylic acids is 1. The molecule has 1 aromatic rings. The molecular weight excluding hydrogens is 218 g/mol. The van der Waals surface area contributed by atoms with Gasteiger partial charge in [-0.15, -0.1) is 0 Å². The fourth-order valence-corrected chi connectivity index (χ4v) is 1.47. The van der Waals surface area contributed by atoms with Crippen LogP contribution in [0.25, 0.3) is 0 Å². The molecular formula is C13H19NO3. The van der Waals surface area contributed by atoms with Crippen LogP contribution in [-0.4, -0.2) is 30.3 Å². The van der Waals surface area contributed by atoms with Gasteiger partial charge in [-0.05, 0) is 32.9 Å². The second kappa shape index (κ2) is 6.25. The van der Waals surface area contributed by atoms with Gasteiger partial charge in [-0.25, -0.2) is 4.79 Å². The fraction of sp³-hybridized carbons (Fsp3) is 0.462. The molecule has 4 heteroatoms. The van der Waals surface area contributed by atoms with E-state index in [4.69, 9.17) is 9.84 Å². The second-order valence-corrected chi connectivity index (χ2v) is 4.20. The summed E-state index contributed by atoms with van der Waals surface area (Å²) in [7, 11) is 0. The van der Waals surface area contributed by atoms with Gasteiger partial charge in [-0.3, -0.25) is 0 Å². The minimum absolute atomic E-state index is 0.189. The Hall–Kier alpha value is -1.55. The molecule has 0 amide bonds. The smallest absolute Gasteiger partial charge is 0.337 e. The van der Waals surface area contributed by atoms with Crippen molar-refractivity contribution in [3.8, 4) is 0 Å². The monoisotopic (exact) mass is 237 g/mol. The van der Waals surface area contributed by atoms with Crippen molar-refractivity contribution in [2.75, 3.05) is 18.5 Å². The highest BCUT2D eigenvalue weighted by Gasteiger charge is 2.09. The van der Waals surface area contributed by atoms with Gasteiger partial charge >= 0.3 is 5.97 Å². The summed E-state index contributed by atoms with van der Waals surface area (Å²) in [4.78, 5) is 11.0. The Morgan fingerprint density at radius 2 is 2.18 bits per heavy atom. The van der Waals surface area contributed by atoms with Gasteiger partial charge in [-0.2, -0.15) is 0 Å². The third kappa shape index (κ3) is 4.44. The number of hydrogen-bond acceptors (Lipinski definition) is 3. The van der Waals surface area contributed by atoms with Crippen molar-refractivity contribution in [1.29, 1.82) is 0 Å². The molecule has 0 aliphatic rings. The summed E-state index contributed by atoms with van der Waals surface area (Å²) < 4.78 is 5.38. The van der Waals surface area contributed by atoms with Crippen LogP contribution in [0.15, 0.2) is 18.2 Å². The van der Waals surface area contributed by atoms with E-state index in [1.54, 1.807) is 12.1 Å². The summed E-state index contributed by atoms with van der Waals surface area (Å²) in [6, 6.07) is 5.33. The van der Waals surface area contributed by atoms with Gasteiger partial charge in [0.15, 0.2) is 0 Å². The first-order valence-corrected chi connectivity index (χ1v) is 5.70. The summed E-state index contributed by atoms with van der Waals surface area (Å²) in [6.07, 6.45) is 0.189. The number of carboxylic acid groups (broad SMARTS) is 1. The number of aryl methyl sites for hydroxylation is 1. The largest absolute Gasteiger partial charge is 0.478 e. The second-order valence-electron chi connectivity index (χ2n) is 4.20. The van der Waals surface area contributed by atoms with Crippen molar-refractivity contribution >= 4 is 11.7 Å². The molecule has 0 radical (unpaired) electrons. The zero-order chi connectivity index (χ0) is 12.8. The maximum atomic E-state index is 11.0. The number of hydrogen-bond donors (Lipinski definition) is 2. The minimum Gasteiger partial charge on any atom is -0.478 e. The highest BCUT2D eigenvalue weighted by molar-refractivity contribution is 5.94. The Morgan fingerprint density at radius 1 is 1.47 bits per heavy atom. The molecule has 0 bridgehead atoms. The maximum Gasteiger partial charge on any atom is 0.337 e. The van der Waals surface area contributed by atoms with Gasteiger partial charge in [-0.1, -0.05) is 11.6 Å². The Balaban J connectivity index is 2.61. The zero-order valence-electron chi connectivity index (χ0n) is 10.5. The molecule has 0 fully saturated rings. The van der Waals surface area contributed by atoms with Gasteiger partial charge in [0.25, 0.3) is 0 Å². The van der Waals surface area contributed by atoms with E-state index in [0.717, 1.165) is 5.56 Å². The minimum atomic E-state index is -0.916. The number of aromatic carboxylic acids is 1. The molecule has 2 N–H and O–H groups in total. The van der Waals surface area contributed by atoms with Crippen LogP contribution >= 0.6 is 0 Å². The molecule has 94 valence electrons. The van der Waals surface area contributed by atoms with Crippen molar-refractivity contribution in [1.82, 2.24) is 0 Å². The lowest BCUT2D eigenvalue weighted by atomic mass is 10.1. The van der Waals surface area contributed by atoms with E-state index in [1.807, 2.05) is 26.8 Å². The fourth-order valence-electron chi connectivity index (χ4n) is 1.47. The summed E-state index contributed by atoms with van der Waals surface area (Å²) in [5.74, 6) is -0.916. The normalized spacial score (nSPS) is 10.6. The summed E-state index contributed by atoms with van der Waals surface area (Å²) >= 11 is 0. The zero-order valence-corrected chi connectivity index (χ0v) is 10.5. The number of anilines is 1. The Labute approximate surface area is 102 Å². The SMILES string of the molecule is Cc1ccc(NCCOC(C)C)c(C(=O)O)c1. The number of benzene rings is 1. The predicted octanol–water partition coefficient (Wildman–Crippen LogP) is 2.53. The molecule has 1 aromatic carbocycles. The molecule has 0 spiro atoms. The van der Waals surface area contributed by atoms with Crippen LogP contribution < -0.4 is 5.32 Å². The molecule has 0 unspecified atom stereocenters. The highest BCUT2D eigenvalue weighted by atomic mass is 16.5. The Morgan fingerprint density at radius 3 is 2.76 bits per heavy atom. The van der Waals surface area contributed by atoms with E-state index in [9.17, 15) is 4.79 Å². The first-order chi connectivity index (χ1) is 8.00. The molecule has 0 aromatic heterocycles. The van der Waals surface area contributed by atoms with Crippen LogP contribution in [0, 0.1) is 6.92 Å². The molecule has 4 nitrogen and oxygen atoms in total. The van der Waals surface area contributed by atoms with Crippen LogP contribution in [0.4, 0.5) is 5.69 Å². The van der Waals surface area contributed by atoms with Gasteiger partial charge < -0.3 is 15.2 Å². The van der Waals surface area contributed by atoms with Crippen molar-refractivity contribution in [2.24, 2.45) is 0 Å². The van der Waals surface area contributed by atoms with Crippen LogP contribution in [0.2, 0.25) is 0 Å². The summed E-state index contributed by atoms with van der Waals surface area (Å²) in [5.41, 5.74) is 1.87. The molecule has 0 atom stereocenters. The van der Waals surface area contributed by atoms with Crippen molar-refractivity contribution in [2.45, 2.75) is 26.9 Å². The van der Waals surface area contributed by atoms with Gasteiger partial charge in [0.2, 0.25) is 0 Å². The molecule has 0 saturated carbocycles. The quantitative estimate of drug-likeness (QED) is 0.746. The summed E-state index contributed by atoms with van der Waals surface area (Å²) in [5, 5.41) is 12.1. The van der Waals surface area contributed by atoms with Crippen molar-refractivity contribution in [3.63, 3.8) is 0 Å². The topological polar surface area (TPSA) is 58.6 Å². The third-order valence-electron chi connectivity index (χ3n) is 2.27. The van der Waals surface area contributed by atoms with E-state index in [1.165, 1.54) is 0 Å². The number of rotatable bonds is 6. The standard InChI is InChI=1S/C13H19NO3/c1-9(2)17-7-6-14-12-5-4-10(3)8-11(12)13(15)16/h4-5,8-9,14H,6-7H2,1-3H3,(H,15,16). The van der Waals surface area contributed by atoms with Gasteiger partial charge in [0.05, 0.1) is 18.3 Å². The molecule has 0 aliphatic carbocycles. The number of carbonyl (C=O) groups is 1. The lowest BCUT2D eigenvalue weighted by Gasteiger charge is -2.12.